The molecule has 0 bridgehead atoms. The van der Waals surface area contributed by atoms with Crippen LogP contribution in [0.5, 0.6) is 0 Å². The van der Waals surface area contributed by atoms with Gasteiger partial charge in [-0.3, -0.25) is 0 Å². The van der Waals surface area contributed by atoms with Crippen LogP contribution in [-0.2, 0) is 10.0 Å². The second-order valence-corrected chi connectivity index (χ2v) is 7.33. The van der Waals surface area contributed by atoms with Crippen LogP contribution in [0.3, 0.4) is 0 Å². The van der Waals surface area contributed by atoms with Gasteiger partial charge in [-0.05, 0) is 40.8 Å². The first-order valence-electron chi connectivity index (χ1n) is 6.01. The Morgan fingerprint density at radius 2 is 2.00 bits per heavy atom. The van der Waals surface area contributed by atoms with E-state index in [2.05, 4.69) is 15.9 Å². The summed E-state index contributed by atoms with van der Waals surface area (Å²) in [5.41, 5.74) is 0. The number of hydrogen-bond donors (Lipinski definition) is 0. The largest absolute Gasteiger partial charge is 0.247 e. The van der Waals surface area contributed by atoms with Gasteiger partial charge in [-0.1, -0.05) is 6.92 Å². The average molecular weight is 354 g/mol. The molecule has 0 radical (unpaired) electrons. The molecule has 0 aromatic heterocycles. The minimum Gasteiger partial charge on any atom is -0.207 e. The highest BCUT2D eigenvalue weighted by Gasteiger charge is 2.33. The van der Waals surface area contributed by atoms with Crippen molar-refractivity contribution in [1.82, 2.24) is 4.31 Å². The van der Waals surface area contributed by atoms with E-state index >= 15 is 0 Å². The number of hydrogen-bond acceptors (Lipinski definition) is 2. The molecule has 1 aromatic rings. The van der Waals surface area contributed by atoms with E-state index < -0.39 is 26.6 Å². The summed E-state index contributed by atoms with van der Waals surface area (Å²) in [4.78, 5) is -0.489. The summed E-state index contributed by atoms with van der Waals surface area (Å²) >= 11 is 2.93. The first kappa shape index (κ1) is 14.9. The van der Waals surface area contributed by atoms with Crippen LogP contribution < -0.4 is 0 Å². The third-order valence-electron chi connectivity index (χ3n) is 3.07. The van der Waals surface area contributed by atoms with Crippen LogP contribution in [0.2, 0.25) is 0 Å². The summed E-state index contributed by atoms with van der Waals surface area (Å²) in [6.07, 6.45) is 2.00. The predicted octanol–water partition coefficient (Wildman–Crippen LogP) is 3.15. The average Bonchev–Trinajstić information content (AvgIpc) is 3.07. The third-order valence-corrected chi connectivity index (χ3v) is 5.98. The van der Waals surface area contributed by atoms with E-state index in [0.29, 0.717) is 18.5 Å². The molecule has 1 aliphatic rings. The maximum Gasteiger partial charge on any atom is 0.247 e. The number of sulfonamides is 1. The standard InChI is InChI=1S/C12H14BrF2NO2S/c1-2-16(7-8-3-4-8)19(17,18)12-10(13)5-9(14)6-11(12)15/h5-6,8H,2-4,7H2,1H3. The van der Waals surface area contributed by atoms with Gasteiger partial charge >= 0.3 is 0 Å². The maximum atomic E-state index is 13.8. The van der Waals surface area contributed by atoms with Crippen LogP contribution in [0.4, 0.5) is 8.78 Å². The van der Waals surface area contributed by atoms with Gasteiger partial charge in [0.05, 0.1) is 0 Å². The third kappa shape index (κ3) is 3.14. The normalized spacial score (nSPS) is 16.1. The molecule has 106 valence electrons. The Hall–Kier alpha value is -0.530. The lowest BCUT2D eigenvalue weighted by Gasteiger charge is -2.21. The fraction of sp³-hybridized carbons (Fsp3) is 0.500. The fourth-order valence-corrected chi connectivity index (χ4v) is 4.53. The van der Waals surface area contributed by atoms with Crippen molar-refractivity contribution in [2.75, 3.05) is 13.1 Å². The van der Waals surface area contributed by atoms with Crippen molar-refractivity contribution >= 4 is 26.0 Å². The quantitative estimate of drug-likeness (QED) is 0.815. The molecule has 7 heteroatoms. The van der Waals surface area contributed by atoms with Crippen molar-refractivity contribution in [2.45, 2.75) is 24.7 Å². The molecular formula is C12H14BrF2NO2S. The van der Waals surface area contributed by atoms with Crippen LogP contribution in [0.25, 0.3) is 0 Å². The molecule has 1 aromatic carbocycles. The summed E-state index contributed by atoms with van der Waals surface area (Å²) < 4.78 is 52.8. The second-order valence-electron chi connectivity index (χ2n) is 4.60. The lowest BCUT2D eigenvalue weighted by atomic mass is 10.3. The number of halogens is 3. The monoisotopic (exact) mass is 353 g/mol. The molecule has 0 amide bonds. The minimum atomic E-state index is -3.94. The van der Waals surface area contributed by atoms with Crippen molar-refractivity contribution in [3.8, 4) is 0 Å². The summed E-state index contributed by atoms with van der Waals surface area (Å²) in [7, 11) is -3.94. The summed E-state index contributed by atoms with van der Waals surface area (Å²) in [6.45, 7) is 2.36. The highest BCUT2D eigenvalue weighted by molar-refractivity contribution is 9.10. The smallest absolute Gasteiger partial charge is 0.207 e. The van der Waals surface area contributed by atoms with Crippen molar-refractivity contribution < 1.29 is 17.2 Å². The van der Waals surface area contributed by atoms with E-state index in [1.807, 2.05) is 0 Å². The van der Waals surface area contributed by atoms with Gasteiger partial charge in [0.15, 0.2) is 0 Å². The molecule has 0 heterocycles. The van der Waals surface area contributed by atoms with Gasteiger partial charge in [-0.2, -0.15) is 4.31 Å². The molecule has 1 fully saturated rings. The number of benzene rings is 1. The van der Waals surface area contributed by atoms with E-state index in [9.17, 15) is 17.2 Å². The van der Waals surface area contributed by atoms with Gasteiger partial charge in [0.25, 0.3) is 0 Å². The van der Waals surface area contributed by atoms with Gasteiger partial charge in [0.1, 0.15) is 16.5 Å². The molecular weight excluding hydrogens is 340 g/mol. The molecule has 0 spiro atoms. The van der Waals surface area contributed by atoms with Crippen molar-refractivity contribution in [3.63, 3.8) is 0 Å². The lowest BCUT2D eigenvalue weighted by molar-refractivity contribution is 0.407. The molecule has 1 saturated carbocycles. The Morgan fingerprint density at radius 3 is 2.47 bits per heavy atom. The number of nitrogens with zero attached hydrogens (tertiary/aromatic N) is 1. The molecule has 0 atom stereocenters. The predicted molar refractivity (Wildman–Crippen MR) is 71.2 cm³/mol. The summed E-state index contributed by atoms with van der Waals surface area (Å²) in [6, 6.07) is 1.55. The molecule has 19 heavy (non-hydrogen) atoms. The Morgan fingerprint density at radius 1 is 1.37 bits per heavy atom. The first-order chi connectivity index (χ1) is 8.86. The topological polar surface area (TPSA) is 37.4 Å². The molecule has 2 rings (SSSR count). The van der Waals surface area contributed by atoms with Gasteiger partial charge in [-0.15, -0.1) is 0 Å². The minimum absolute atomic E-state index is 0.0840. The van der Waals surface area contributed by atoms with Crippen LogP contribution in [0.15, 0.2) is 21.5 Å². The molecule has 0 unspecified atom stereocenters. The molecule has 0 N–H and O–H groups in total. The SMILES string of the molecule is CCN(CC1CC1)S(=O)(=O)c1c(F)cc(F)cc1Br. The van der Waals surface area contributed by atoms with Crippen LogP contribution >= 0.6 is 15.9 Å². The van der Waals surface area contributed by atoms with E-state index in [-0.39, 0.29) is 11.0 Å². The molecule has 3 nitrogen and oxygen atoms in total. The Kier molecular flexibility index (Phi) is 4.27. The van der Waals surface area contributed by atoms with Crippen molar-refractivity contribution in [3.05, 3.63) is 28.2 Å². The Labute approximate surface area is 119 Å². The van der Waals surface area contributed by atoms with E-state index in [1.54, 1.807) is 6.92 Å². The van der Waals surface area contributed by atoms with Crippen molar-refractivity contribution in [2.24, 2.45) is 5.92 Å². The zero-order chi connectivity index (χ0) is 14.2. The second kappa shape index (κ2) is 5.46. The van der Waals surface area contributed by atoms with Gasteiger partial charge in [0, 0.05) is 23.6 Å². The van der Waals surface area contributed by atoms with E-state index in [1.165, 1.54) is 4.31 Å². The first-order valence-corrected chi connectivity index (χ1v) is 8.24. The highest BCUT2D eigenvalue weighted by Crippen LogP contribution is 2.34. The highest BCUT2D eigenvalue weighted by atomic mass is 79.9. The van der Waals surface area contributed by atoms with Crippen LogP contribution in [0, 0.1) is 17.6 Å². The lowest BCUT2D eigenvalue weighted by Crippen LogP contribution is -2.33. The van der Waals surface area contributed by atoms with E-state index in [0.717, 1.165) is 18.9 Å². The van der Waals surface area contributed by atoms with Crippen LogP contribution in [0.1, 0.15) is 19.8 Å². The Balaban J connectivity index is 2.42. The fourth-order valence-electron chi connectivity index (χ4n) is 1.89. The molecule has 1 aliphatic carbocycles. The van der Waals surface area contributed by atoms with Crippen molar-refractivity contribution in [1.29, 1.82) is 0 Å². The summed E-state index contributed by atoms with van der Waals surface area (Å²) in [5, 5.41) is 0. The van der Waals surface area contributed by atoms with Gasteiger partial charge in [-0.25, -0.2) is 17.2 Å². The number of rotatable bonds is 5. The Bertz CT molecular complexity index is 564. The molecule has 0 saturated heterocycles. The zero-order valence-corrected chi connectivity index (χ0v) is 12.8. The van der Waals surface area contributed by atoms with Crippen LogP contribution in [-0.4, -0.2) is 25.8 Å². The zero-order valence-electron chi connectivity index (χ0n) is 10.4. The maximum absolute atomic E-state index is 13.8. The molecule has 0 aliphatic heterocycles. The summed E-state index contributed by atoms with van der Waals surface area (Å²) in [5.74, 6) is -1.52. The van der Waals surface area contributed by atoms with Gasteiger partial charge < -0.3 is 0 Å². The van der Waals surface area contributed by atoms with E-state index in [4.69, 9.17) is 0 Å². The van der Waals surface area contributed by atoms with Gasteiger partial charge in [0.2, 0.25) is 10.0 Å².